The van der Waals surface area contributed by atoms with Gasteiger partial charge >= 0.3 is 5.97 Å². The van der Waals surface area contributed by atoms with E-state index in [4.69, 9.17) is 14.2 Å². The highest BCUT2D eigenvalue weighted by Crippen LogP contribution is 2.40. The van der Waals surface area contributed by atoms with Crippen molar-refractivity contribution in [3.05, 3.63) is 94.6 Å². The normalized spacial score (nSPS) is 14.2. The van der Waals surface area contributed by atoms with Crippen molar-refractivity contribution < 1.29 is 41.4 Å². The first-order chi connectivity index (χ1) is 20.2. The second-order valence-corrected chi connectivity index (χ2v) is 10.3. The largest absolute Gasteiger partial charge is 0.493 e. The van der Waals surface area contributed by atoms with Crippen LogP contribution in [-0.4, -0.2) is 56.6 Å². The lowest BCUT2D eigenvalue weighted by Crippen LogP contribution is -2.37. The number of esters is 1. The maximum absolute atomic E-state index is 14.8. The van der Waals surface area contributed by atoms with Gasteiger partial charge in [-0.25, -0.2) is 17.6 Å². The fourth-order valence-corrected chi connectivity index (χ4v) is 5.37. The average Bonchev–Trinajstić information content (AvgIpc) is 2.96. The minimum atomic E-state index is -0.750. The highest BCUT2D eigenvalue weighted by Gasteiger charge is 2.32. The molecule has 0 spiro atoms. The molecule has 0 saturated carbocycles. The van der Waals surface area contributed by atoms with Crippen LogP contribution in [0.3, 0.4) is 0 Å². The first kappa shape index (κ1) is 31.0. The van der Waals surface area contributed by atoms with Crippen LogP contribution >= 0.6 is 0 Å². The Hall–Kier alpha value is -3.92. The molecular formula is C32H33F4NO5. The van der Waals surface area contributed by atoms with Crippen LogP contribution in [0, 0.1) is 29.2 Å². The summed E-state index contributed by atoms with van der Waals surface area (Å²) in [5.41, 5.74) is 0.728. The van der Waals surface area contributed by atoms with E-state index < -0.39 is 35.2 Å². The first-order valence-electron chi connectivity index (χ1n) is 13.8. The number of hydrogen-bond donors (Lipinski definition) is 0. The highest BCUT2D eigenvalue weighted by molar-refractivity contribution is 5.98. The van der Waals surface area contributed by atoms with Crippen LogP contribution in [0.2, 0.25) is 0 Å². The number of likely N-dealkylation sites (tertiary alicyclic amines) is 1. The summed E-state index contributed by atoms with van der Waals surface area (Å²) in [4.78, 5) is 25.4. The van der Waals surface area contributed by atoms with E-state index in [9.17, 15) is 27.2 Å². The molecule has 0 N–H and O–H groups in total. The second-order valence-electron chi connectivity index (χ2n) is 10.3. The molecule has 0 aromatic heterocycles. The van der Waals surface area contributed by atoms with Crippen LogP contribution in [0.25, 0.3) is 0 Å². The van der Waals surface area contributed by atoms with Gasteiger partial charge in [-0.3, -0.25) is 9.59 Å². The van der Waals surface area contributed by atoms with Gasteiger partial charge in [-0.15, -0.1) is 0 Å². The van der Waals surface area contributed by atoms with E-state index in [0.717, 1.165) is 30.8 Å². The minimum absolute atomic E-state index is 0.122. The van der Waals surface area contributed by atoms with E-state index in [1.165, 1.54) is 32.2 Å². The quantitative estimate of drug-likeness (QED) is 0.107. The van der Waals surface area contributed by atoms with Crippen LogP contribution in [-0.2, 0) is 9.53 Å². The van der Waals surface area contributed by atoms with Crippen molar-refractivity contribution in [2.45, 2.75) is 32.1 Å². The number of nitrogens with zero attached hydrogens (tertiary/aromatic N) is 1. The number of benzene rings is 3. The van der Waals surface area contributed by atoms with Crippen molar-refractivity contribution in [1.29, 1.82) is 0 Å². The van der Waals surface area contributed by atoms with E-state index >= 15 is 0 Å². The SMILES string of the molecule is COc1cc(C(=O)COC(C)=O)ccc1OCCCN1CCC(C(c2ccc(F)cc2F)c2ccc(F)cc2F)CC1. The van der Waals surface area contributed by atoms with E-state index in [1.807, 2.05) is 0 Å². The Morgan fingerprint density at radius 2 is 1.50 bits per heavy atom. The Bertz CT molecular complexity index is 1360. The van der Waals surface area contributed by atoms with E-state index in [1.54, 1.807) is 12.1 Å². The monoisotopic (exact) mass is 587 g/mol. The molecule has 0 amide bonds. The minimum Gasteiger partial charge on any atom is -0.493 e. The molecule has 0 unspecified atom stereocenters. The first-order valence-corrected chi connectivity index (χ1v) is 13.8. The van der Waals surface area contributed by atoms with Crippen molar-refractivity contribution in [3.63, 3.8) is 0 Å². The third-order valence-electron chi connectivity index (χ3n) is 7.47. The van der Waals surface area contributed by atoms with Gasteiger partial charge in [-0.2, -0.15) is 0 Å². The molecule has 1 fully saturated rings. The molecular weight excluding hydrogens is 554 g/mol. The van der Waals surface area contributed by atoms with Gasteiger partial charge in [-0.05, 0) is 79.7 Å². The van der Waals surface area contributed by atoms with Crippen molar-refractivity contribution in [2.24, 2.45) is 5.92 Å². The molecule has 0 bridgehead atoms. The Morgan fingerprint density at radius 3 is 2.05 bits per heavy atom. The van der Waals surface area contributed by atoms with Gasteiger partial charge in [0.05, 0.1) is 13.7 Å². The zero-order valence-electron chi connectivity index (χ0n) is 23.5. The maximum atomic E-state index is 14.8. The molecule has 224 valence electrons. The van der Waals surface area contributed by atoms with Gasteiger partial charge in [0.2, 0.25) is 0 Å². The van der Waals surface area contributed by atoms with Gasteiger partial charge in [0.15, 0.2) is 23.9 Å². The van der Waals surface area contributed by atoms with Crippen LogP contribution in [0.1, 0.15) is 53.6 Å². The summed E-state index contributed by atoms with van der Waals surface area (Å²) in [6.07, 6.45) is 2.00. The molecule has 1 heterocycles. The summed E-state index contributed by atoms with van der Waals surface area (Å²) >= 11 is 0. The number of piperidine rings is 1. The van der Waals surface area contributed by atoms with E-state index in [0.29, 0.717) is 56.0 Å². The van der Waals surface area contributed by atoms with E-state index in [-0.39, 0.29) is 29.4 Å². The van der Waals surface area contributed by atoms with Gasteiger partial charge < -0.3 is 19.1 Å². The number of ketones is 1. The van der Waals surface area contributed by atoms with Gasteiger partial charge in [-0.1, -0.05) is 12.1 Å². The number of halogens is 4. The lowest BCUT2D eigenvalue weighted by molar-refractivity contribution is -0.139. The summed E-state index contributed by atoms with van der Waals surface area (Å²) in [5, 5.41) is 0. The third kappa shape index (κ3) is 7.88. The Morgan fingerprint density at radius 1 is 0.881 bits per heavy atom. The maximum Gasteiger partial charge on any atom is 0.303 e. The van der Waals surface area contributed by atoms with Crippen molar-refractivity contribution in [2.75, 3.05) is 40.0 Å². The van der Waals surface area contributed by atoms with Crippen molar-refractivity contribution in [3.8, 4) is 11.5 Å². The molecule has 1 aliphatic heterocycles. The Balaban J connectivity index is 1.33. The molecule has 3 aromatic rings. The Labute approximate surface area is 242 Å². The number of carbonyl (C=O) groups excluding carboxylic acids is 2. The smallest absolute Gasteiger partial charge is 0.303 e. The number of rotatable bonds is 12. The predicted octanol–water partition coefficient (Wildman–Crippen LogP) is 6.31. The predicted molar refractivity (Wildman–Crippen MR) is 148 cm³/mol. The lowest BCUT2D eigenvalue weighted by Gasteiger charge is -2.37. The molecule has 42 heavy (non-hydrogen) atoms. The summed E-state index contributed by atoms with van der Waals surface area (Å²) in [6.45, 7) is 3.38. The summed E-state index contributed by atoms with van der Waals surface area (Å²) in [7, 11) is 1.47. The average molecular weight is 588 g/mol. The summed E-state index contributed by atoms with van der Waals surface area (Å²) in [5.74, 6) is -3.76. The van der Waals surface area contributed by atoms with Crippen LogP contribution in [0.4, 0.5) is 17.6 Å². The van der Waals surface area contributed by atoms with Gasteiger partial charge in [0.1, 0.15) is 23.3 Å². The summed E-state index contributed by atoms with van der Waals surface area (Å²) in [6, 6.07) is 11.3. The number of Topliss-reactive ketones (excluding diaryl/α,β-unsaturated/α-hetero) is 1. The topological polar surface area (TPSA) is 65.1 Å². The second kappa shape index (κ2) is 14.3. The zero-order valence-corrected chi connectivity index (χ0v) is 23.5. The van der Waals surface area contributed by atoms with Gasteiger partial charge in [0, 0.05) is 37.1 Å². The number of carbonyl (C=O) groups is 2. The molecule has 4 rings (SSSR count). The molecule has 0 aliphatic carbocycles. The lowest BCUT2D eigenvalue weighted by atomic mass is 9.75. The molecule has 3 aromatic carbocycles. The third-order valence-corrected chi connectivity index (χ3v) is 7.47. The zero-order chi connectivity index (χ0) is 30.2. The number of ether oxygens (including phenoxy) is 3. The molecule has 10 heteroatoms. The van der Waals surface area contributed by atoms with Crippen LogP contribution < -0.4 is 9.47 Å². The molecule has 1 aliphatic rings. The van der Waals surface area contributed by atoms with E-state index in [2.05, 4.69) is 4.90 Å². The Kier molecular flexibility index (Phi) is 10.6. The number of hydrogen-bond acceptors (Lipinski definition) is 6. The fourth-order valence-electron chi connectivity index (χ4n) is 5.37. The molecule has 6 nitrogen and oxygen atoms in total. The molecule has 0 radical (unpaired) electrons. The highest BCUT2D eigenvalue weighted by atomic mass is 19.1. The molecule has 1 saturated heterocycles. The summed E-state index contributed by atoms with van der Waals surface area (Å²) < 4.78 is 72.9. The van der Waals surface area contributed by atoms with Crippen molar-refractivity contribution >= 4 is 11.8 Å². The van der Waals surface area contributed by atoms with Crippen LogP contribution in [0.5, 0.6) is 11.5 Å². The molecule has 0 atom stereocenters. The number of methoxy groups -OCH3 is 1. The van der Waals surface area contributed by atoms with Crippen LogP contribution in [0.15, 0.2) is 54.6 Å². The fraction of sp³-hybridized carbons (Fsp3) is 0.375. The van der Waals surface area contributed by atoms with Gasteiger partial charge in [0.25, 0.3) is 0 Å². The van der Waals surface area contributed by atoms with Crippen molar-refractivity contribution in [1.82, 2.24) is 4.90 Å². The standard InChI is InChI=1S/C32H33F4NO5/c1-20(38)42-19-29(39)22-4-9-30(31(16-22)40-2)41-15-3-12-37-13-10-21(11-14-37)32(25-7-5-23(33)17-27(25)35)26-8-6-24(34)18-28(26)36/h4-9,16-18,21,32H,3,10-15,19H2,1-2H3.